The van der Waals surface area contributed by atoms with Crippen molar-refractivity contribution in [2.45, 2.75) is 11.8 Å². The molecule has 9 heteroatoms. The third kappa shape index (κ3) is 3.42. The third-order valence-electron chi connectivity index (χ3n) is 2.37. The minimum absolute atomic E-state index is 0.0353. The Balaban J connectivity index is 2.25. The second kappa shape index (κ2) is 5.60. The lowest BCUT2D eigenvalue weighted by Crippen LogP contribution is -2.14. The maximum Gasteiger partial charge on any atom is 0.275 e. The van der Waals surface area contributed by atoms with Crippen LogP contribution >= 0.6 is 27.3 Å². The van der Waals surface area contributed by atoms with Gasteiger partial charge in [0.15, 0.2) is 0 Å². The molecule has 3 N–H and O–H groups in total. The first-order chi connectivity index (χ1) is 9.27. The molecule has 2 rings (SSSR count). The molecule has 0 radical (unpaired) electrons. The van der Waals surface area contributed by atoms with Crippen molar-refractivity contribution in [2.24, 2.45) is 5.14 Å². The number of nitrogens with zero attached hydrogens (tertiary/aromatic N) is 1. The van der Waals surface area contributed by atoms with Crippen LogP contribution in [-0.2, 0) is 10.0 Å². The van der Waals surface area contributed by atoms with E-state index >= 15 is 0 Å². The van der Waals surface area contributed by atoms with Gasteiger partial charge in [-0.1, -0.05) is 0 Å². The lowest BCUT2D eigenvalue weighted by Gasteiger charge is -2.07. The predicted octanol–water partition coefficient (Wildman–Crippen LogP) is 2.11. The summed E-state index contributed by atoms with van der Waals surface area (Å²) in [6.45, 7) is 1.80. The monoisotopic (exact) mass is 375 g/mol. The number of aryl methyl sites for hydroxylation is 1. The van der Waals surface area contributed by atoms with Gasteiger partial charge in [0, 0.05) is 9.85 Å². The standard InChI is InChI=1S/C11H10BrN3O3S2/c1-6-14-10(5-19-6)11(16)15-9-3-2-7(4-8(9)12)20(13,17)18/h2-5H,1H3,(H,15,16)(H2,13,17,18). The van der Waals surface area contributed by atoms with Gasteiger partial charge >= 0.3 is 0 Å². The molecule has 0 aliphatic heterocycles. The number of amides is 1. The van der Waals surface area contributed by atoms with Gasteiger partial charge in [0.1, 0.15) is 5.69 Å². The number of anilines is 1. The van der Waals surface area contributed by atoms with Crippen LogP contribution in [0.4, 0.5) is 5.69 Å². The Morgan fingerprint density at radius 2 is 2.15 bits per heavy atom. The summed E-state index contributed by atoms with van der Waals surface area (Å²) in [5.41, 5.74) is 0.753. The fourth-order valence-corrected chi connectivity index (χ4v) is 3.19. The summed E-state index contributed by atoms with van der Waals surface area (Å²) in [7, 11) is -3.77. The largest absolute Gasteiger partial charge is 0.320 e. The maximum absolute atomic E-state index is 11.9. The van der Waals surface area contributed by atoms with Gasteiger partial charge in [-0.15, -0.1) is 11.3 Å². The Hall–Kier alpha value is -1.29. The quantitative estimate of drug-likeness (QED) is 0.857. The first kappa shape index (κ1) is 15.1. The molecule has 0 unspecified atom stereocenters. The van der Waals surface area contributed by atoms with E-state index in [1.54, 1.807) is 12.3 Å². The minimum Gasteiger partial charge on any atom is -0.320 e. The van der Waals surface area contributed by atoms with Gasteiger partial charge in [0.25, 0.3) is 5.91 Å². The van der Waals surface area contributed by atoms with Gasteiger partial charge in [0.2, 0.25) is 10.0 Å². The molecule has 1 amide bonds. The highest BCUT2D eigenvalue weighted by Crippen LogP contribution is 2.25. The number of halogens is 1. The fraction of sp³-hybridized carbons (Fsp3) is 0.0909. The summed E-state index contributed by atoms with van der Waals surface area (Å²) in [6, 6.07) is 4.11. The number of nitrogens with one attached hydrogen (secondary N) is 1. The lowest BCUT2D eigenvalue weighted by molar-refractivity contribution is 0.102. The second-order valence-electron chi connectivity index (χ2n) is 3.89. The van der Waals surface area contributed by atoms with Gasteiger partial charge < -0.3 is 5.32 Å². The molecular weight excluding hydrogens is 366 g/mol. The van der Waals surface area contributed by atoms with E-state index < -0.39 is 10.0 Å². The van der Waals surface area contributed by atoms with Gasteiger partial charge in [-0.3, -0.25) is 4.79 Å². The maximum atomic E-state index is 11.9. The number of benzene rings is 1. The van der Waals surface area contributed by atoms with Gasteiger partial charge in [-0.05, 0) is 41.1 Å². The van der Waals surface area contributed by atoms with E-state index in [4.69, 9.17) is 5.14 Å². The number of sulfonamides is 1. The Kier molecular flexibility index (Phi) is 4.23. The molecule has 0 aliphatic rings. The average Bonchev–Trinajstić information content (AvgIpc) is 2.77. The van der Waals surface area contributed by atoms with Crippen molar-refractivity contribution < 1.29 is 13.2 Å². The molecule has 1 aromatic carbocycles. The van der Waals surface area contributed by atoms with E-state index in [-0.39, 0.29) is 10.8 Å². The van der Waals surface area contributed by atoms with Crippen LogP contribution in [0.25, 0.3) is 0 Å². The number of carbonyl (C=O) groups is 1. The van der Waals surface area contributed by atoms with Crippen molar-refractivity contribution in [3.8, 4) is 0 Å². The van der Waals surface area contributed by atoms with Gasteiger partial charge in [0.05, 0.1) is 15.6 Å². The molecule has 1 heterocycles. The average molecular weight is 376 g/mol. The van der Waals surface area contributed by atoms with E-state index in [1.807, 2.05) is 0 Å². The molecular formula is C11H10BrN3O3S2. The molecule has 0 bridgehead atoms. The summed E-state index contributed by atoms with van der Waals surface area (Å²) in [5, 5.41) is 10.1. The van der Waals surface area contributed by atoms with Crippen molar-refractivity contribution in [3.05, 3.63) is 38.8 Å². The Morgan fingerprint density at radius 1 is 1.45 bits per heavy atom. The third-order valence-corrected chi connectivity index (χ3v) is 4.71. The van der Waals surface area contributed by atoms with E-state index in [0.717, 1.165) is 5.01 Å². The number of carbonyl (C=O) groups excluding carboxylic acids is 1. The summed E-state index contributed by atoms with van der Waals surface area (Å²) in [5.74, 6) is -0.363. The number of thiazole rings is 1. The summed E-state index contributed by atoms with van der Waals surface area (Å²) in [6.07, 6.45) is 0. The Bertz CT molecular complexity index is 771. The van der Waals surface area contributed by atoms with Crippen LogP contribution in [0.3, 0.4) is 0 Å². The number of rotatable bonds is 3. The van der Waals surface area contributed by atoms with Crippen LogP contribution < -0.4 is 10.5 Å². The number of hydrogen-bond acceptors (Lipinski definition) is 5. The molecule has 0 spiro atoms. The van der Waals surface area contributed by atoms with Crippen molar-refractivity contribution in [2.75, 3.05) is 5.32 Å². The number of primary sulfonamides is 1. The van der Waals surface area contributed by atoms with Crippen molar-refractivity contribution in [1.29, 1.82) is 0 Å². The lowest BCUT2D eigenvalue weighted by atomic mass is 10.3. The van der Waals surface area contributed by atoms with E-state index in [9.17, 15) is 13.2 Å². The van der Waals surface area contributed by atoms with Crippen LogP contribution in [0, 0.1) is 6.92 Å². The zero-order valence-corrected chi connectivity index (χ0v) is 13.5. The first-order valence-corrected chi connectivity index (χ1v) is 8.55. The SMILES string of the molecule is Cc1nc(C(=O)Nc2ccc(S(N)(=O)=O)cc2Br)cs1. The number of hydrogen-bond donors (Lipinski definition) is 2. The van der Waals surface area contributed by atoms with Crippen LogP contribution in [0.2, 0.25) is 0 Å². The fourth-order valence-electron chi connectivity index (χ4n) is 1.43. The van der Waals surface area contributed by atoms with Crippen LogP contribution in [0.15, 0.2) is 32.9 Å². The zero-order valence-electron chi connectivity index (χ0n) is 10.3. The molecule has 106 valence electrons. The molecule has 1 aromatic heterocycles. The smallest absolute Gasteiger partial charge is 0.275 e. The van der Waals surface area contributed by atoms with E-state index in [1.165, 1.54) is 29.5 Å². The number of nitrogens with two attached hydrogens (primary N) is 1. The van der Waals surface area contributed by atoms with E-state index in [0.29, 0.717) is 15.9 Å². The Morgan fingerprint density at radius 3 is 2.65 bits per heavy atom. The normalized spacial score (nSPS) is 11.3. The topological polar surface area (TPSA) is 102 Å². The highest BCUT2D eigenvalue weighted by molar-refractivity contribution is 9.10. The molecule has 2 aromatic rings. The van der Waals surface area contributed by atoms with Crippen molar-refractivity contribution in [3.63, 3.8) is 0 Å². The first-order valence-electron chi connectivity index (χ1n) is 5.33. The predicted molar refractivity (Wildman–Crippen MR) is 80.3 cm³/mol. The summed E-state index contributed by atoms with van der Waals surface area (Å²) < 4.78 is 22.8. The zero-order chi connectivity index (χ0) is 14.9. The molecule has 0 saturated heterocycles. The van der Waals surface area contributed by atoms with E-state index in [2.05, 4.69) is 26.2 Å². The molecule has 20 heavy (non-hydrogen) atoms. The van der Waals surface area contributed by atoms with Crippen molar-refractivity contribution >= 4 is 48.9 Å². The van der Waals surface area contributed by atoms with Crippen molar-refractivity contribution in [1.82, 2.24) is 4.98 Å². The molecule has 0 fully saturated rings. The number of aromatic nitrogens is 1. The second-order valence-corrected chi connectivity index (χ2v) is 7.37. The minimum atomic E-state index is -3.77. The van der Waals surface area contributed by atoms with Crippen LogP contribution in [0.5, 0.6) is 0 Å². The molecule has 0 saturated carbocycles. The van der Waals surface area contributed by atoms with Gasteiger partial charge in [-0.25, -0.2) is 18.5 Å². The molecule has 0 aliphatic carbocycles. The van der Waals surface area contributed by atoms with Gasteiger partial charge in [-0.2, -0.15) is 0 Å². The summed E-state index contributed by atoms with van der Waals surface area (Å²) >= 11 is 4.57. The summed E-state index contributed by atoms with van der Waals surface area (Å²) in [4.78, 5) is 16.0. The Labute approximate surface area is 128 Å². The van der Waals surface area contributed by atoms with Crippen LogP contribution in [0.1, 0.15) is 15.5 Å². The highest BCUT2D eigenvalue weighted by Gasteiger charge is 2.14. The molecule has 6 nitrogen and oxygen atoms in total. The van der Waals surface area contributed by atoms with Crippen LogP contribution in [-0.4, -0.2) is 19.3 Å². The highest BCUT2D eigenvalue weighted by atomic mass is 79.9. The molecule has 0 atom stereocenters.